The lowest BCUT2D eigenvalue weighted by Crippen LogP contribution is -2.23. The van der Waals surface area contributed by atoms with Crippen LogP contribution in [0.1, 0.15) is 4.88 Å². The second-order valence-electron chi connectivity index (χ2n) is 2.50. The molecule has 0 radical (unpaired) electrons. The monoisotopic (exact) mass is 205 g/mol. The van der Waals surface area contributed by atoms with Crippen molar-refractivity contribution in [1.29, 1.82) is 0 Å². The lowest BCUT2D eigenvalue weighted by molar-refractivity contribution is 0.588. The molecule has 5 heteroatoms. The van der Waals surface area contributed by atoms with E-state index in [9.17, 15) is 8.42 Å². The number of hydrogen-bond donors (Lipinski definition) is 1. The zero-order chi connectivity index (χ0) is 9.03. The zero-order valence-electron chi connectivity index (χ0n) is 6.78. The number of rotatable bonds is 4. The summed E-state index contributed by atoms with van der Waals surface area (Å²) in [6.07, 6.45) is 1.94. The van der Waals surface area contributed by atoms with Gasteiger partial charge >= 0.3 is 0 Å². The molecule has 12 heavy (non-hydrogen) atoms. The number of hydrogen-bond acceptors (Lipinski definition) is 3. The average molecular weight is 205 g/mol. The Hall–Kier alpha value is -0.390. The second kappa shape index (κ2) is 4.02. The summed E-state index contributed by atoms with van der Waals surface area (Å²) >= 11 is 1.64. The van der Waals surface area contributed by atoms with Gasteiger partial charge in [0.1, 0.15) is 0 Å². The van der Waals surface area contributed by atoms with E-state index in [4.69, 9.17) is 0 Å². The van der Waals surface area contributed by atoms with Crippen LogP contribution in [0.4, 0.5) is 0 Å². The van der Waals surface area contributed by atoms with E-state index in [1.807, 2.05) is 17.5 Å². The molecule has 0 aliphatic rings. The summed E-state index contributed by atoms with van der Waals surface area (Å²) in [5, 5.41) is 1.98. The topological polar surface area (TPSA) is 46.2 Å². The molecule has 0 aliphatic carbocycles. The molecule has 0 aliphatic heterocycles. The van der Waals surface area contributed by atoms with Gasteiger partial charge in [0, 0.05) is 11.4 Å². The number of sulfonamides is 1. The first-order valence-electron chi connectivity index (χ1n) is 3.55. The molecule has 0 fully saturated rings. The van der Waals surface area contributed by atoms with Gasteiger partial charge in [0.2, 0.25) is 10.0 Å². The molecule has 3 nitrogen and oxygen atoms in total. The van der Waals surface area contributed by atoms with Crippen molar-refractivity contribution in [2.45, 2.75) is 6.42 Å². The summed E-state index contributed by atoms with van der Waals surface area (Å²) < 4.78 is 23.7. The third-order valence-electron chi connectivity index (χ3n) is 1.32. The van der Waals surface area contributed by atoms with Gasteiger partial charge in [-0.25, -0.2) is 13.1 Å². The Morgan fingerprint density at radius 3 is 2.83 bits per heavy atom. The highest BCUT2D eigenvalue weighted by Crippen LogP contribution is 2.07. The highest BCUT2D eigenvalue weighted by atomic mass is 32.2. The Morgan fingerprint density at radius 1 is 1.58 bits per heavy atom. The quantitative estimate of drug-likeness (QED) is 0.791. The van der Waals surface area contributed by atoms with E-state index in [1.165, 1.54) is 11.1 Å². The lowest BCUT2D eigenvalue weighted by atomic mass is 10.3. The van der Waals surface area contributed by atoms with Crippen LogP contribution in [0.2, 0.25) is 0 Å². The summed E-state index contributed by atoms with van der Waals surface area (Å²) in [4.78, 5) is 1.20. The van der Waals surface area contributed by atoms with Gasteiger partial charge in [0.15, 0.2) is 0 Å². The smallest absolute Gasteiger partial charge is 0.208 e. The molecule has 0 unspecified atom stereocenters. The lowest BCUT2D eigenvalue weighted by Gasteiger charge is -1.98. The molecular formula is C7H11NO2S2. The Kier molecular flexibility index (Phi) is 3.25. The van der Waals surface area contributed by atoms with Gasteiger partial charge in [0.05, 0.1) is 6.26 Å². The van der Waals surface area contributed by atoms with Crippen LogP contribution in [-0.2, 0) is 16.4 Å². The molecular weight excluding hydrogens is 194 g/mol. The van der Waals surface area contributed by atoms with Crippen molar-refractivity contribution in [3.63, 3.8) is 0 Å². The molecule has 0 aromatic carbocycles. The molecule has 1 N–H and O–H groups in total. The molecule has 0 bridgehead atoms. The zero-order valence-corrected chi connectivity index (χ0v) is 8.41. The fourth-order valence-electron chi connectivity index (χ4n) is 0.814. The van der Waals surface area contributed by atoms with Gasteiger partial charge in [-0.05, 0) is 17.9 Å². The molecule has 1 rings (SSSR count). The maximum atomic E-state index is 10.7. The van der Waals surface area contributed by atoms with Crippen molar-refractivity contribution >= 4 is 21.4 Å². The molecule has 68 valence electrons. The van der Waals surface area contributed by atoms with E-state index >= 15 is 0 Å². The Balaban J connectivity index is 2.29. The Morgan fingerprint density at radius 2 is 2.33 bits per heavy atom. The van der Waals surface area contributed by atoms with Gasteiger partial charge in [-0.3, -0.25) is 0 Å². The van der Waals surface area contributed by atoms with Crippen molar-refractivity contribution in [3.8, 4) is 0 Å². The van der Waals surface area contributed by atoms with Crippen LogP contribution < -0.4 is 4.72 Å². The van der Waals surface area contributed by atoms with E-state index < -0.39 is 10.0 Å². The molecule has 0 atom stereocenters. The molecule has 1 heterocycles. The van der Waals surface area contributed by atoms with Crippen molar-refractivity contribution in [1.82, 2.24) is 4.72 Å². The standard InChI is InChI=1S/C7H11NO2S2/c1-12(9,10)8-5-4-7-3-2-6-11-7/h2-3,6,8H,4-5H2,1H3. The molecule has 0 spiro atoms. The van der Waals surface area contributed by atoms with Crippen LogP contribution in [0.5, 0.6) is 0 Å². The summed E-state index contributed by atoms with van der Waals surface area (Å²) in [7, 11) is -3.02. The summed E-state index contributed by atoms with van der Waals surface area (Å²) in [5.41, 5.74) is 0. The minimum Gasteiger partial charge on any atom is -0.215 e. The Bertz CT molecular complexity index is 315. The van der Waals surface area contributed by atoms with Crippen molar-refractivity contribution in [2.24, 2.45) is 0 Å². The van der Waals surface area contributed by atoms with Gasteiger partial charge in [0.25, 0.3) is 0 Å². The normalized spacial score (nSPS) is 11.8. The fourth-order valence-corrected chi connectivity index (χ4v) is 2.00. The van der Waals surface area contributed by atoms with Crippen molar-refractivity contribution in [2.75, 3.05) is 12.8 Å². The SMILES string of the molecule is CS(=O)(=O)NCCc1cccs1. The Labute approximate surface area is 76.5 Å². The molecule has 0 saturated heterocycles. The molecule has 1 aromatic rings. The second-order valence-corrected chi connectivity index (χ2v) is 5.36. The van der Waals surface area contributed by atoms with Gasteiger partial charge in [-0.1, -0.05) is 6.07 Å². The minimum atomic E-state index is -3.02. The van der Waals surface area contributed by atoms with Crippen LogP contribution >= 0.6 is 11.3 Å². The number of nitrogens with one attached hydrogen (secondary N) is 1. The highest BCUT2D eigenvalue weighted by molar-refractivity contribution is 7.88. The van der Waals surface area contributed by atoms with Gasteiger partial charge in [-0.2, -0.15) is 0 Å². The average Bonchev–Trinajstić information content (AvgIpc) is 2.36. The van der Waals surface area contributed by atoms with E-state index in [1.54, 1.807) is 11.3 Å². The van der Waals surface area contributed by atoms with E-state index in [-0.39, 0.29) is 0 Å². The highest BCUT2D eigenvalue weighted by Gasteiger charge is 1.99. The molecule has 0 amide bonds. The van der Waals surface area contributed by atoms with Crippen molar-refractivity contribution in [3.05, 3.63) is 22.4 Å². The predicted molar refractivity (Wildman–Crippen MR) is 50.9 cm³/mol. The van der Waals surface area contributed by atoms with Gasteiger partial charge in [-0.15, -0.1) is 11.3 Å². The van der Waals surface area contributed by atoms with E-state index in [0.717, 1.165) is 6.42 Å². The first kappa shape index (κ1) is 9.70. The van der Waals surface area contributed by atoms with Crippen LogP contribution in [0.3, 0.4) is 0 Å². The van der Waals surface area contributed by atoms with E-state index in [0.29, 0.717) is 6.54 Å². The fraction of sp³-hybridized carbons (Fsp3) is 0.429. The molecule has 1 aromatic heterocycles. The first-order valence-corrected chi connectivity index (χ1v) is 6.32. The first-order chi connectivity index (χ1) is 5.58. The largest absolute Gasteiger partial charge is 0.215 e. The predicted octanol–water partition coefficient (Wildman–Crippen LogP) is 0.840. The van der Waals surface area contributed by atoms with Crippen LogP contribution in [-0.4, -0.2) is 21.2 Å². The third kappa shape index (κ3) is 3.85. The summed E-state index contributed by atoms with van der Waals surface area (Å²) in [6.45, 7) is 0.485. The maximum absolute atomic E-state index is 10.7. The van der Waals surface area contributed by atoms with Crippen LogP contribution in [0, 0.1) is 0 Å². The van der Waals surface area contributed by atoms with Crippen molar-refractivity contribution < 1.29 is 8.42 Å². The van der Waals surface area contributed by atoms with Crippen LogP contribution in [0.25, 0.3) is 0 Å². The maximum Gasteiger partial charge on any atom is 0.208 e. The van der Waals surface area contributed by atoms with E-state index in [2.05, 4.69) is 4.72 Å². The van der Waals surface area contributed by atoms with Crippen LogP contribution in [0.15, 0.2) is 17.5 Å². The minimum absolute atomic E-state index is 0.485. The van der Waals surface area contributed by atoms with Gasteiger partial charge < -0.3 is 0 Å². The summed E-state index contributed by atoms with van der Waals surface area (Å²) in [5.74, 6) is 0. The molecule has 0 saturated carbocycles. The third-order valence-corrected chi connectivity index (χ3v) is 2.98. The number of thiophene rings is 1. The summed E-state index contributed by atoms with van der Waals surface area (Å²) in [6, 6.07) is 3.95.